The number of carbonyl (C=O) groups excluding carboxylic acids is 2. The van der Waals surface area contributed by atoms with Gasteiger partial charge in [-0.15, -0.1) is 11.3 Å². The maximum Gasteiger partial charge on any atom is 0.261 e. The zero-order valence-electron chi connectivity index (χ0n) is 10.3. The largest absolute Gasteiger partial charge is 0.352 e. The van der Waals surface area contributed by atoms with E-state index in [1.807, 2.05) is 25.3 Å². The number of nitrogens with one attached hydrogen (secondary N) is 2. The maximum atomic E-state index is 11.7. The van der Waals surface area contributed by atoms with Crippen LogP contribution in [0.1, 0.15) is 36.9 Å². The molecule has 0 aliphatic heterocycles. The second-order valence-electron chi connectivity index (χ2n) is 3.99. The average molecular weight is 254 g/mol. The Labute approximate surface area is 105 Å². The summed E-state index contributed by atoms with van der Waals surface area (Å²) in [7, 11) is 0. The second kappa shape index (κ2) is 6.39. The molecule has 1 aromatic heterocycles. The Bertz CT molecular complexity index is 376. The molecule has 2 amide bonds. The molecule has 1 aromatic rings. The molecule has 1 heterocycles. The quantitative estimate of drug-likeness (QED) is 0.841. The van der Waals surface area contributed by atoms with Gasteiger partial charge >= 0.3 is 0 Å². The van der Waals surface area contributed by atoms with Gasteiger partial charge in [-0.05, 0) is 31.7 Å². The molecule has 5 heteroatoms. The third-order valence-electron chi connectivity index (χ3n) is 2.49. The SMILES string of the molecule is CCC(C)NC(=O)C(C)NC(=O)c1cccs1. The summed E-state index contributed by atoms with van der Waals surface area (Å²) >= 11 is 1.36. The van der Waals surface area contributed by atoms with E-state index in [4.69, 9.17) is 0 Å². The van der Waals surface area contributed by atoms with E-state index < -0.39 is 6.04 Å². The van der Waals surface area contributed by atoms with E-state index >= 15 is 0 Å². The van der Waals surface area contributed by atoms with Gasteiger partial charge in [-0.2, -0.15) is 0 Å². The third-order valence-corrected chi connectivity index (χ3v) is 3.36. The van der Waals surface area contributed by atoms with Crippen LogP contribution in [-0.2, 0) is 4.79 Å². The molecule has 0 fully saturated rings. The first-order chi connectivity index (χ1) is 8.04. The Hall–Kier alpha value is -1.36. The van der Waals surface area contributed by atoms with Crippen LogP contribution in [0.5, 0.6) is 0 Å². The van der Waals surface area contributed by atoms with Crippen molar-refractivity contribution in [1.29, 1.82) is 0 Å². The standard InChI is InChI=1S/C12H18N2O2S/c1-4-8(2)13-11(15)9(3)14-12(16)10-6-5-7-17-10/h5-9H,4H2,1-3H3,(H,13,15)(H,14,16). The van der Waals surface area contributed by atoms with Crippen LogP contribution in [0.4, 0.5) is 0 Å². The number of hydrogen-bond acceptors (Lipinski definition) is 3. The van der Waals surface area contributed by atoms with Gasteiger partial charge in [-0.25, -0.2) is 0 Å². The van der Waals surface area contributed by atoms with Crippen LogP contribution in [0.2, 0.25) is 0 Å². The van der Waals surface area contributed by atoms with E-state index in [0.29, 0.717) is 4.88 Å². The average Bonchev–Trinajstić information content (AvgIpc) is 2.82. The first-order valence-corrected chi connectivity index (χ1v) is 6.57. The van der Waals surface area contributed by atoms with Gasteiger partial charge in [0.1, 0.15) is 6.04 Å². The molecule has 0 saturated carbocycles. The highest BCUT2D eigenvalue weighted by molar-refractivity contribution is 7.12. The molecule has 0 spiro atoms. The van der Waals surface area contributed by atoms with Crippen molar-refractivity contribution in [1.82, 2.24) is 10.6 Å². The number of rotatable bonds is 5. The second-order valence-corrected chi connectivity index (χ2v) is 4.94. The van der Waals surface area contributed by atoms with Gasteiger partial charge in [0.2, 0.25) is 5.91 Å². The normalized spacial score (nSPS) is 13.8. The van der Waals surface area contributed by atoms with E-state index in [9.17, 15) is 9.59 Å². The Morgan fingerprint density at radius 3 is 2.59 bits per heavy atom. The predicted octanol–water partition coefficient (Wildman–Crippen LogP) is 1.78. The fraction of sp³-hybridized carbons (Fsp3) is 0.500. The molecule has 17 heavy (non-hydrogen) atoms. The molecular weight excluding hydrogens is 236 g/mol. The molecule has 0 saturated heterocycles. The lowest BCUT2D eigenvalue weighted by molar-refractivity contribution is -0.123. The van der Waals surface area contributed by atoms with Crippen molar-refractivity contribution in [2.75, 3.05) is 0 Å². The van der Waals surface area contributed by atoms with Gasteiger partial charge in [-0.1, -0.05) is 13.0 Å². The topological polar surface area (TPSA) is 58.2 Å². The van der Waals surface area contributed by atoms with Crippen LogP contribution in [0, 0.1) is 0 Å². The molecule has 0 aliphatic rings. The fourth-order valence-electron chi connectivity index (χ4n) is 1.21. The van der Waals surface area contributed by atoms with Crippen LogP contribution >= 0.6 is 11.3 Å². The van der Waals surface area contributed by atoms with Crippen molar-refractivity contribution in [3.63, 3.8) is 0 Å². The van der Waals surface area contributed by atoms with E-state index in [1.54, 1.807) is 13.0 Å². The van der Waals surface area contributed by atoms with Crippen molar-refractivity contribution in [3.05, 3.63) is 22.4 Å². The maximum absolute atomic E-state index is 11.7. The number of hydrogen-bond donors (Lipinski definition) is 2. The molecule has 4 nitrogen and oxygen atoms in total. The first kappa shape index (κ1) is 13.7. The summed E-state index contributed by atoms with van der Waals surface area (Å²) in [5, 5.41) is 7.33. The zero-order chi connectivity index (χ0) is 12.8. The van der Waals surface area contributed by atoms with E-state index in [1.165, 1.54) is 11.3 Å². The summed E-state index contributed by atoms with van der Waals surface area (Å²) in [6.45, 7) is 5.62. The smallest absolute Gasteiger partial charge is 0.261 e. The zero-order valence-corrected chi connectivity index (χ0v) is 11.1. The highest BCUT2D eigenvalue weighted by Crippen LogP contribution is 2.08. The molecule has 2 atom stereocenters. The van der Waals surface area contributed by atoms with Crippen molar-refractivity contribution in [3.8, 4) is 0 Å². The molecule has 94 valence electrons. The lowest BCUT2D eigenvalue weighted by atomic mass is 10.2. The number of carbonyl (C=O) groups is 2. The van der Waals surface area contributed by atoms with E-state index in [0.717, 1.165) is 6.42 Å². The summed E-state index contributed by atoms with van der Waals surface area (Å²) in [5.41, 5.74) is 0. The summed E-state index contributed by atoms with van der Waals surface area (Å²) in [5.74, 6) is -0.351. The molecule has 0 bridgehead atoms. The van der Waals surface area contributed by atoms with Crippen LogP contribution in [0.15, 0.2) is 17.5 Å². The van der Waals surface area contributed by atoms with Crippen molar-refractivity contribution < 1.29 is 9.59 Å². The van der Waals surface area contributed by atoms with Gasteiger partial charge in [0.05, 0.1) is 4.88 Å². The highest BCUT2D eigenvalue weighted by atomic mass is 32.1. The monoisotopic (exact) mass is 254 g/mol. The molecule has 0 aromatic carbocycles. The predicted molar refractivity (Wildman–Crippen MR) is 69.1 cm³/mol. The van der Waals surface area contributed by atoms with Gasteiger partial charge < -0.3 is 10.6 Å². The van der Waals surface area contributed by atoms with Crippen molar-refractivity contribution in [2.45, 2.75) is 39.3 Å². The molecule has 2 unspecified atom stereocenters. The number of amides is 2. The Balaban J connectivity index is 2.46. The van der Waals surface area contributed by atoms with E-state index in [2.05, 4.69) is 10.6 Å². The highest BCUT2D eigenvalue weighted by Gasteiger charge is 2.17. The summed E-state index contributed by atoms with van der Waals surface area (Å²) in [6, 6.07) is 3.16. The van der Waals surface area contributed by atoms with Crippen LogP contribution in [-0.4, -0.2) is 23.9 Å². The molecule has 0 aliphatic carbocycles. The Morgan fingerprint density at radius 2 is 2.06 bits per heavy atom. The lowest BCUT2D eigenvalue weighted by Crippen LogP contribution is -2.47. The van der Waals surface area contributed by atoms with Gasteiger partial charge in [0.25, 0.3) is 5.91 Å². The van der Waals surface area contributed by atoms with Crippen LogP contribution in [0.3, 0.4) is 0 Å². The summed E-state index contributed by atoms with van der Waals surface area (Å²) in [4.78, 5) is 24.0. The minimum Gasteiger partial charge on any atom is -0.352 e. The van der Waals surface area contributed by atoms with Crippen molar-refractivity contribution >= 4 is 23.2 Å². The Morgan fingerprint density at radius 1 is 1.35 bits per heavy atom. The molecule has 2 N–H and O–H groups in total. The van der Waals surface area contributed by atoms with E-state index in [-0.39, 0.29) is 17.9 Å². The van der Waals surface area contributed by atoms with Gasteiger partial charge in [0.15, 0.2) is 0 Å². The van der Waals surface area contributed by atoms with Crippen LogP contribution < -0.4 is 10.6 Å². The third kappa shape index (κ3) is 4.19. The van der Waals surface area contributed by atoms with Crippen LogP contribution in [0.25, 0.3) is 0 Å². The minimum absolute atomic E-state index is 0.128. The van der Waals surface area contributed by atoms with Gasteiger partial charge in [-0.3, -0.25) is 9.59 Å². The minimum atomic E-state index is -0.515. The lowest BCUT2D eigenvalue weighted by Gasteiger charge is -2.17. The molecule has 0 radical (unpaired) electrons. The summed E-state index contributed by atoms with van der Waals surface area (Å²) in [6.07, 6.45) is 0.872. The van der Waals surface area contributed by atoms with Crippen molar-refractivity contribution in [2.24, 2.45) is 0 Å². The Kier molecular flexibility index (Phi) is 5.15. The fourth-order valence-corrected chi connectivity index (χ4v) is 1.84. The summed E-state index contributed by atoms with van der Waals surface area (Å²) < 4.78 is 0. The number of thiophene rings is 1. The molecular formula is C12H18N2O2S. The van der Waals surface area contributed by atoms with Gasteiger partial charge in [0, 0.05) is 6.04 Å². The molecule has 1 rings (SSSR count). The first-order valence-electron chi connectivity index (χ1n) is 5.69.